The molecule has 3 saturated heterocycles. The van der Waals surface area contributed by atoms with Crippen molar-refractivity contribution in [3.63, 3.8) is 0 Å². The first-order valence-corrected chi connectivity index (χ1v) is 9.07. The van der Waals surface area contributed by atoms with Crippen molar-refractivity contribution >= 4 is 15.9 Å². The van der Waals surface area contributed by atoms with Crippen LogP contribution in [-0.4, -0.2) is 40.0 Å². The third-order valence-corrected chi connectivity index (χ3v) is 5.47. The van der Waals surface area contributed by atoms with Crippen LogP contribution in [-0.2, 0) is 13.1 Å². The van der Waals surface area contributed by atoms with Gasteiger partial charge in [0.2, 0.25) is 0 Å². The Hall–Kier alpha value is -1.74. The van der Waals surface area contributed by atoms with Crippen LogP contribution in [0.4, 0.5) is 0 Å². The molecular formula is C19H19BrN4. The molecule has 3 aliphatic heterocycles. The van der Waals surface area contributed by atoms with Crippen LogP contribution in [0.2, 0.25) is 0 Å². The molecular weight excluding hydrogens is 364 g/mol. The molecule has 2 unspecified atom stereocenters. The van der Waals surface area contributed by atoms with Gasteiger partial charge < -0.3 is 0 Å². The van der Waals surface area contributed by atoms with Crippen LogP contribution >= 0.6 is 15.9 Å². The largest absolute Gasteiger partial charge is 0.296 e. The van der Waals surface area contributed by atoms with Gasteiger partial charge in [0, 0.05) is 55.1 Å². The van der Waals surface area contributed by atoms with E-state index in [0.29, 0.717) is 12.1 Å². The summed E-state index contributed by atoms with van der Waals surface area (Å²) >= 11 is 3.50. The van der Waals surface area contributed by atoms with E-state index < -0.39 is 0 Å². The van der Waals surface area contributed by atoms with E-state index in [-0.39, 0.29) is 0 Å². The third-order valence-electron chi connectivity index (χ3n) is 5.04. The van der Waals surface area contributed by atoms with E-state index in [1.807, 2.05) is 24.5 Å². The van der Waals surface area contributed by atoms with Crippen LogP contribution in [0.15, 0.2) is 47.2 Å². The lowest BCUT2D eigenvalue weighted by molar-refractivity contribution is -0.0774. The summed E-state index contributed by atoms with van der Waals surface area (Å²) in [4.78, 5) is 9.41. The molecule has 0 N–H and O–H groups in total. The highest BCUT2D eigenvalue weighted by molar-refractivity contribution is 9.10. The number of rotatable bonds is 4. The number of pyridine rings is 1. The molecule has 24 heavy (non-hydrogen) atoms. The van der Waals surface area contributed by atoms with Gasteiger partial charge in [-0.2, -0.15) is 5.26 Å². The number of nitrogens with zero attached hydrogens (tertiary/aromatic N) is 4. The molecule has 4 heterocycles. The molecule has 3 aliphatic rings. The minimum absolute atomic E-state index is 0.652. The average Bonchev–Trinajstić information content (AvgIpc) is 2.60. The number of piperidine rings is 1. The molecule has 0 saturated carbocycles. The lowest BCUT2D eigenvalue weighted by Gasteiger charge is -2.56. The Bertz CT molecular complexity index is 756. The molecule has 0 radical (unpaired) electrons. The molecule has 2 atom stereocenters. The molecule has 4 nitrogen and oxygen atoms in total. The van der Waals surface area contributed by atoms with Gasteiger partial charge in [0.1, 0.15) is 0 Å². The first kappa shape index (κ1) is 15.8. The Labute approximate surface area is 150 Å². The standard InChI is InChI=1S/C19H19BrN4/c20-17-5-16(8-22-9-17)10-23-12-18-6-19(13-23)24(18)11-15-3-1-14(7-21)2-4-15/h1-5,8-9,18-19H,6,10-13H2. The van der Waals surface area contributed by atoms with Crippen LogP contribution < -0.4 is 0 Å². The molecule has 2 aromatic rings. The summed E-state index contributed by atoms with van der Waals surface area (Å²) in [7, 11) is 0. The molecule has 0 aliphatic carbocycles. The lowest BCUT2D eigenvalue weighted by atomic mass is 9.86. The van der Waals surface area contributed by atoms with E-state index in [2.05, 4.69) is 55.0 Å². The van der Waals surface area contributed by atoms with Crippen molar-refractivity contribution in [1.82, 2.24) is 14.8 Å². The minimum Gasteiger partial charge on any atom is -0.296 e. The van der Waals surface area contributed by atoms with Crippen LogP contribution in [0.1, 0.15) is 23.1 Å². The van der Waals surface area contributed by atoms with Gasteiger partial charge >= 0.3 is 0 Å². The van der Waals surface area contributed by atoms with Crippen LogP contribution in [0.5, 0.6) is 0 Å². The number of nitriles is 1. The monoisotopic (exact) mass is 382 g/mol. The van der Waals surface area contributed by atoms with Crippen LogP contribution in [0, 0.1) is 11.3 Å². The summed E-state index contributed by atoms with van der Waals surface area (Å²) in [6.45, 7) is 4.22. The SMILES string of the molecule is N#Cc1ccc(CN2C3CC2CN(Cc2cncc(Br)c2)C3)cc1. The zero-order valence-corrected chi connectivity index (χ0v) is 15.0. The number of piperazine rings is 1. The first-order chi connectivity index (χ1) is 11.7. The first-order valence-electron chi connectivity index (χ1n) is 8.28. The van der Waals surface area contributed by atoms with E-state index in [0.717, 1.165) is 36.2 Å². The molecule has 5 heteroatoms. The maximum Gasteiger partial charge on any atom is 0.0991 e. The second-order valence-corrected chi connectivity index (χ2v) is 7.65. The van der Waals surface area contributed by atoms with Crippen molar-refractivity contribution in [3.05, 3.63) is 63.9 Å². The lowest BCUT2D eigenvalue weighted by Crippen LogP contribution is -2.67. The Balaban J connectivity index is 1.35. The smallest absolute Gasteiger partial charge is 0.0991 e. The minimum atomic E-state index is 0.652. The quantitative estimate of drug-likeness (QED) is 0.814. The van der Waals surface area contributed by atoms with E-state index in [1.54, 1.807) is 0 Å². The van der Waals surface area contributed by atoms with E-state index in [4.69, 9.17) is 5.26 Å². The summed E-state index contributed by atoms with van der Waals surface area (Å²) in [5.74, 6) is 0. The highest BCUT2D eigenvalue weighted by atomic mass is 79.9. The van der Waals surface area contributed by atoms with Gasteiger partial charge in [0.15, 0.2) is 0 Å². The van der Waals surface area contributed by atoms with Gasteiger partial charge in [-0.15, -0.1) is 0 Å². The topological polar surface area (TPSA) is 43.2 Å². The van der Waals surface area contributed by atoms with Crippen molar-refractivity contribution in [1.29, 1.82) is 5.26 Å². The second kappa shape index (κ2) is 6.64. The summed E-state index contributed by atoms with van der Waals surface area (Å²) in [6.07, 6.45) is 5.10. The van der Waals surface area contributed by atoms with Crippen molar-refractivity contribution in [3.8, 4) is 6.07 Å². The third kappa shape index (κ3) is 3.23. The normalized spacial score (nSPS) is 23.5. The highest BCUT2D eigenvalue weighted by Gasteiger charge is 2.44. The molecule has 2 bridgehead atoms. The summed E-state index contributed by atoms with van der Waals surface area (Å²) in [6, 6.07) is 13.6. The fourth-order valence-electron chi connectivity index (χ4n) is 3.86. The molecule has 5 rings (SSSR count). The van der Waals surface area contributed by atoms with Gasteiger partial charge in [-0.05, 0) is 51.7 Å². The van der Waals surface area contributed by atoms with Crippen LogP contribution in [0.3, 0.4) is 0 Å². The van der Waals surface area contributed by atoms with Crippen molar-refractivity contribution in [2.24, 2.45) is 0 Å². The predicted octanol–water partition coefficient (Wildman–Crippen LogP) is 3.17. The van der Waals surface area contributed by atoms with Crippen LogP contribution in [0.25, 0.3) is 0 Å². The number of hydrogen-bond donors (Lipinski definition) is 0. The number of hydrogen-bond acceptors (Lipinski definition) is 4. The molecule has 1 aromatic carbocycles. The number of halogens is 1. The summed E-state index contributed by atoms with van der Waals surface area (Å²) in [5.41, 5.74) is 3.30. The second-order valence-electron chi connectivity index (χ2n) is 6.73. The Morgan fingerprint density at radius 3 is 2.50 bits per heavy atom. The summed E-state index contributed by atoms with van der Waals surface area (Å²) < 4.78 is 1.05. The Morgan fingerprint density at radius 1 is 1.08 bits per heavy atom. The van der Waals surface area contributed by atoms with Gasteiger partial charge in [-0.3, -0.25) is 14.8 Å². The zero-order chi connectivity index (χ0) is 16.5. The molecule has 1 aromatic heterocycles. The fourth-order valence-corrected chi connectivity index (χ4v) is 4.27. The Morgan fingerprint density at radius 2 is 1.83 bits per heavy atom. The van der Waals surface area contributed by atoms with Gasteiger partial charge in [-0.1, -0.05) is 12.1 Å². The number of fused-ring (bicyclic) bond motifs is 2. The van der Waals surface area contributed by atoms with Crippen molar-refractivity contribution < 1.29 is 0 Å². The molecule has 0 amide bonds. The average molecular weight is 383 g/mol. The van der Waals surface area contributed by atoms with Gasteiger partial charge in [0.05, 0.1) is 11.6 Å². The highest BCUT2D eigenvalue weighted by Crippen LogP contribution is 2.34. The fraction of sp³-hybridized carbons (Fsp3) is 0.368. The van der Waals surface area contributed by atoms with Gasteiger partial charge in [0.25, 0.3) is 0 Å². The van der Waals surface area contributed by atoms with Gasteiger partial charge in [-0.25, -0.2) is 0 Å². The Kier molecular flexibility index (Phi) is 4.36. The van der Waals surface area contributed by atoms with E-state index >= 15 is 0 Å². The van der Waals surface area contributed by atoms with E-state index in [9.17, 15) is 0 Å². The molecule has 122 valence electrons. The molecule has 3 fully saturated rings. The van der Waals surface area contributed by atoms with E-state index in [1.165, 1.54) is 17.5 Å². The number of benzene rings is 1. The maximum absolute atomic E-state index is 8.89. The predicted molar refractivity (Wildman–Crippen MR) is 96.1 cm³/mol. The zero-order valence-electron chi connectivity index (χ0n) is 13.4. The number of aromatic nitrogens is 1. The van der Waals surface area contributed by atoms with Crippen molar-refractivity contribution in [2.75, 3.05) is 13.1 Å². The molecule has 0 spiro atoms. The summed E-state index contributed by atoms with van der Waals surface area (Å²) in [5, 5.41) is 8.89. The maximum atomic E-state index is 8.89. The van der Waals surface area contributed by atoms with Crippen molar-refractivity contribution in [2.45, 2.75) is 31.6 Å².